The van der Waals surface area contributed by atoms with Gasteiger partial charge in [0.25, 0.3) is 0 Å². The molecule has 0 saturated heterocycles. The fourth-order valence-electron chi connectivity index (χ4n) is 3.35. The Balaban J connectivity index is 1.78. The number of methoxy groups -OCH3 is 1. The number of halogens is 1. The third-order valence-corrected chi connectivity index (χ3v) is 5.16. The van der Waals surface area contributed by atoms with Gasteiger partial charge in [-0.2, -0.15) is 0 Å². The summed E-state index contributed by atoms with van der Waals surface area (Å²) < 4.78 is 11.6. The maximum atomic E-state index is 10.7. The number of rotatable bonds is 6. The molecule has 0 atom stereocenters. The van der Waals surface area contributed by atoms with Crippen LogP contribution in [-0.2, 0) is 4.79 Å². The quantitative estimate of drug-likeness (QED) is 0.333. The zero-order valence-corrected chi connectivity index (χ0v) is 17.5. The van der Waals surface area contributed by atoms with Crippen molar-refractivity contribution in [3.8, 4) is 28.4 Å². The molecule has 4 aromatic carbocycles. The van der Waals surface area contributed by atoms with E-state index in [1.807, 2.05) is 72.8 Å². The third-order valence-electron chi connectivity index (χ3n) is 4.86. The van der Waals surface area contributed by atoms with Gasteiger partial charge < -0.3 is 14.6 Å². The fourth-order valence-corrected chi connectivity index (χ4v) is 3.60. The van der Waals surface area contributed by atoms with Gasteiger partial charge in [0.15, 0.2) is 0 Å². The monoisotopic (exact) mass is 430 g/mol. The largest absolute Gasteiger partial charge is 0.495 e. The van der Waals surface area contributed by atoms with Gasteiger partial charge >= 0.3 is 5.97 Å². The number of carbonyl (C=O) groups is 1. The number of ether oxygens (including phenoxy) is 2. The molecular weight excluding hydrogens is 412 g/mol. The Morgan fingerprint density at radius 1 is 0.968 bits per heavy atom. The van der Waals surface area contributed by atoms with Gasteiger partial charge in [0.2, 0.25) is 0 Å². The highest BCUT2D eigenvalue weighted by Crippen LogP contribution is 2.41. The topological polar surface area (TPSA) is 55.8 Å². The van der Waals surface area contributed by atoms with Crippen molar-refractivity contribution in [2.24, 2.45) is 0 Å². The lowest BCUT2D eigenvalue weighted by atomic mass is 9.99. The lowest BCUT2D eigenvalue weighted by Gasteiger charge is -2.15. The maximum absolute atomic E-state index is 10.7. The highest BCUT2D eigenvalue weighted by molar-refractivity contribution is 6.32. The Hall–Kier alpha value is -3.76. The summed E-state index contributed by atoms with van der Waals surface area (Å²) in [4.78, 5) is 10.7. The van der Waals surface area contributed by atoms with E-state index in [-0.39, 0.29) is 0 Å². The second-order valence-corrected chi connectivity index (χ2v) is 7.26. The molecule has 0 aliphatic carbocycles. The van der Waals surface area contributed by atoms with E-state index in [2.05, 4.69) is 6.07 Å². The Morgan fingerprint density at radius 3 is 2.45 bits per heavy atom. The summed E-state index contributed by atoms with van der Waals surface area (Å²) in [5.74, 6) is 0.982. The molecule has 154 valence electrons. The summed E-state index contributed by atoms with van der Waals surface area (Å²) in [6.07, 6.45) is 2.64. The van der Waals surface area contributed by atoms with E-state index in [4.69, 9.17) is 26.2 Å². The molecule has 0 unspecified atom stereocenters. The maximum Gasteiger partial charge on any atom is 0.328 e. The molecule has 1 N–H and O–H groups in total. The van der Waals surface area contributed by atoms with Crippen LogP contribution in [-0.4, -0.2) is 18.2 Å². The van der Waals surface area contributed by atoms with Crippen molar-refractivity contribution in [2.75, 3.05) is 7.11 Å². The van der Waals surface area contributed by atoms with Crippen LogP contribution in [0.15, 0.2) is 84.9 Å². The Kier molecular flexibility index (Phi) is 5.92. The number of aliphatic carboxylic acids is 1. The Labute approximate surface area is 184 Å². The molecule has 0 saturated carbocycles. The van der Waals surface area contributed by atoms with E-state index < -0.39 is 5.97 Å². The summed E-state index contributed by atoms with van der Waals surface area (Å²) in [6.45, 7) is 0. The molecule has 5 heteroatoms. The van der Waals surface area contributed by atoms with Gasteiger partial charge in [-0.1, -0.05) is 60.1 Å². The van der Waals surface area contributed by atoms with Crippen molar-refractivity contribution >= 4 is 34.4 Å². The molecule has 0 aliphatic heterocycles. The highest BCUT2D eigenvalue weighted by Gasteiger charge is 2.14. The molecule has 4 nitrogen and oxygen atoms in total. The van der Waals surface area contributed by atoms with Gasteiger partial charge in [-0.25, -0.2) is 4.79 Å². The van der Waals surface area contributed by atoms with Crippen LogP contribution in [0.3, 0.4) is 0 Å². The van der Waals surface area contributed by atoms with Crippen molar-refractivity contribution in [3.05, 3.63) is 95.5 Å². The average Bonchev–Trinajstić information content (AvgIpc) is 2.78. The molecule has 0 heterocycles. The van der Waals surface area contributed by atoms with Gasteiger partial charge in [-0.15, -0.1) is 0 Å². The highest BCUT2D eigenvalue weighted by atomic mass is 35.5. The van der Waals surface area contributed by atoms with Crippen LogP contribution in [0.1, 0.15) is 5.56 Å². The summed E-state index contributed by atoms with van der Waals surface area (Å²) in [7, 11) is 1.58. The second kappa shape index (κ2) is 8.94. The van der Waals surface area contributed by atoms with Crippen LogP contribution in [0.4, 0.5) is 0 Å². The van der Waals surface area contributed by atoms with Gasteiger partial charge in [0, 0.05) is 17.0 Å². The van der Waals surface area contributed by atoms with E-state index in [0.717, 1.165) is 33.5 Å². The minimum Gasteiger partial charge on any atom is -0.495 e. The lowest BCUT2D eigenvalue weighted by Crippen LogP contribution is -1.92. The van der Waals surface area contributed by atoms with Crippen molar-refractivity contribution in [1.29, 1.82) is 0 Å². The van der Waals surface area contributed by atoms with E-state index in [0.29, 0.717) is 22.3 Å². The van der Waals surface area contributed by atoms with Crippen molar-refractivity contribution < 1.29 is 19.4 Å². The van der Waals surface area contributed by atoms with E-state index in [9.17, 15) is 4.79 Å². The normalized spacial score (nSPS) is 11.0. The van der Waals surface area contributed by atoms with Gasteiger partial charge in [-0.3, -0.25) is 0 Å². The molecule has 0 aliphatic rings. The molecule has 31 heavy (non-hydrogen) atoms. The molecular formula is C26H19ClO4. The first kappa shape index (κ1) is 20.5. The van der Waals surface area contributed by atoms with Crippen molar-refractivity contribution in [1.82, 2.24) is 0 Å². The molecule has 0 fully saturated rings. The third kappa shape index (κ3) is 4.55. The fraction of sp³-hybridized carbons (Fsp3) is 0.0385. The van der Waals surface area contributed by atoms with Crippen LogP contribution in [0.2, 0.25) is 5.02 Å². The molecule has 0 radical (unpaired) electrons. The lowest BCUT2D eigenvalue weighted by molar-refractivity contribution is -0.131. The first-order valence-corrected chi connectivity index (χ1v) is 9.97. The van der Waals surface area contributed by atoms with Crippen molar-refractivity contribution in [2.45, 2.75) is 0 Å². The average molecular weight is 431 g/mol. The first-order chi connectivity index (χ1) is 15.0. The van der Waals surface area contributed by atoms with E-state index in [1.54, 1.807) is 7.11 Å². The molecule has 4 rings (SSSR count). The molecule has 0 bridgehead atoms. The first-order valence-electron chi connectivity index (χ1n) is 9.60. The van der Waals surface area contributed by atoms with Crippen LogP contribution < -0.4 is 9.47 Å². The molecule has 0 aromatic heterocycles. The minimum absolute atomic E-state index is 0.522. The Morgan fingerprint density at radius 2 is 1.74 bits per heavy atom. The van der Waals surface area contributed by atoms with Gasteiger partial charge in [0.05, 0.1) is 12.1 Å². The molecule has 0 spiro atoms. The van der Waals surface area contributed by atoms with Crippen LogP contribution in [0, 0.1) is 0 Å². The van der Waals surface area contributed by atoms with E-state index in [1.165, 1.54) is 6.08 Å². The van der Waals surface area contributed by atoms with Crippen LogP contribution in [0.25, 0.3) is 28.0 Å². The number of carboxylic acids is 1. The zero-order valence-electron chi connectivity index (χ0n) is 16.7. The Bertz CT molecular complexity index is 1280. The molecule has 0 amide bonds. The van der Waals surface area contributed by atoms with Gasteiger partial charge in [-0.05, 0) is 52.9 Å². The number of hydrogen-bond acceptors (Lipinski definition) is 3. The second-order valence-electron chi connectivity index (χ2n) is 6.86. The number of carboxylic acid groups (broad SMARTS) is 1. The summed E-state index contributed by atoms with van der Waals surface area (Å²) in [6, 6.07) is 25.0. The van der Waals surface area contributed by atoms with E-state index >= 15 is 0 Å². The summed E-state index contributed by atoms with van der Waals surface area (Å²) in [5.41, 5.74) is 2.58. The smallest absolute Gasteiger partial charge is 0.328 e. The zero-order chi connectivity index (χ0) is 21.8. The standard InChI is InChI=1S/C26H19ClO4/c1-30-24-14-10-19(16-23(24)27)22-13-9-18-4-2-3-5-21(18)26(22)31-20-11-6-17(7-12-20)8-15-25(28)29/h2-16H,1H3,(H,28,29). The number of benzene rings is 4. The predicted molar refractivity (Wildman–Crippen MR) is 124 cm³/mol. The summed E-state index contributed by atoms with van der Waals surface area (Å²) in [5, 5.41) is 11.3. The summed E-state index contributed by atoms with van der Waals surface area (Å²) >= 11 is 6.37. The van der Waals surface area contributed by atoms with Crippen LogP contribution >= 0.6 is 11.6 Å². The van der Waals surface area contributed by atoms with Crippen molar-refractivity contribution in [3.63, 3.8) is 0 Å². The molecule has 4 aromatic rings. The number of fused-ring (bicyclic) bond motifs is 1. The SMILES string of the molecule is COc1ccc(-c2ccc3ccccc3c2Oc2ccc(C=CC(=O)O)cc2)cc1Cl. The minimum atomic E-state index is -0.987. The van der Waals surface area contributed by atoms with Crippen LogP contribution in [0.5, 0.6) is 17.2 Å². The number of hydrogen-bond donors (Lipinski definition) is 1. The predicted octanol–water partition coefficient (Wildman–Crippen LogP) is 7.06. The van der Waals surface area contributed by atoms with Gasteiger partial charge in [0.1, 0.15) is 17.2 Å².